The van der Waals surface area contributed by atoms with E-state index in [4.69, 9.17) is 0 Å². The lowest BCUT2D eigenvalue weighted by Gasteiger charge is -2.34. The molecular formula is C15H25N3O. The molecule has 1 atom stereocenters. The molecule has 1 aliphatic heterocycles. The van der Waals surface area contributed by atoms with Gasteiger partial charge < -0.3 is 14.9 Å². The first-order valence-electron chi connectivity index (χ1n) is 7.10. The van der Waals surface area contributed by atoms with Gasteiger partial charge in [-0.1, -0.05) is 0 Å². The van der Waals surface area contributed by atoms with Gasteiger partial charge in [0, 0.05) is 19.6 Å². The van der Waals surface area contributed by atoms with Gasteiger partial charge in [-0.2, -0.15) is 0 Å². The van der Waals surface area contributed by atoms with E-state index in [0.29, 0.717) is 0 Å². The number of hydrogen-bond donors (Lipinski definition) is 1. The van der Waals surface area contributed by atoms with Crippen LogP contribution in [-0.4, -0.2) is 48.7 Å². The molecular weight excluding hydrogens is 238 g/mol. The van der Waals surface area contributed by atoms with E-state index in [-0.39, 0.29) is 0 Å². The summed E-state index contributed by atoms with van der Waals surface area (Å²) in [5.74, 6) is 0.816. The molecule has 0 aliphatic carbocycles. The predicted octanol–water partition coefficient (Wildman–Crippen LogP) is 1.91. The SMILES string of the molecule is C[C@H](O)c1ccc(N2CCC(CN(C)C)CC2)cn1. The van der Waals surface area contributed by atoms with Crippen LogP contribution in [-0.2, 0) is 0 Å². The van der Waals surface area contributed by atoms with Crippen molar-refractivity contribution in [3.63, 3.8) is 0 Å². The van der Waals surface area contributed by atoms with Crippen LogP contribution in [0.25, 0.3) is 0 Å². The summed E-state index contributed by atoms with van der Waals surface area (Å²) in [6.45, 7) is 5.14. The maximum Gasteiger partial charge on any atom is 0.0931 e. The third kappa shape index (κ3) is 3.91. The minimum absolute atomic E-state index is 0.486. The van der Waals surface area contributed by atoms with Crippen LogP contribution in [0.2, 0.25) is 0 Å². The Morgan fingerprint density at radius 2 is 2.05 bits per heavy atom. The number of nitrogens with zero attached hydrogens (tertiary/aromatic N) is 3. The van der Waals surface area contributed by atoms with Crippen LogP contribution in [0, 0.1) is 5.92 Å². The number of aliphatic hydroxyl groups excluding tert-OH is 1. The first kappa shape index (κ1) is 14.3. The molecule has 106 valence electrons. The lowest BCUT2D eigenvalue weighted by atomic mass is 9.96. The standard InChI is InChI=1S/C15H25N3O/c1-12(19)15-5-4-14(10-16-15)18-8-6-13(7-9-18)11-17(2)3/h4-5,10,12-13,19H,6-9,11H2,1-3H3/t12-/m0/s1. The van der Waals surface area contributed by atoms with Crippen molar-refractivity contribution >= 4 is 5.69 Å². The fourth-order valence-electron chi connectivity index (χ4n) is 2.72. The van der Waals surface area contributed by atoms with Crippen LogP contribution in [0.15, 0.2) is 18.3 Å². The Morgan fingerprint density at radius 1 is 1.37 bits per heavy atom. The third-order valence-corrected chi connectivity index (χ3v) is 3.80. The Morgan fingerprint density at radius 3 is 2.53 bits per heavy atom. The van der Waals surface area contributed by atoms with Gasteiger partial charge in [0.2, 0.25) is 0 Å². The van der Waals surface area contributed by atoms with Crippen molar-refractivity contribution in [2.24, 2.45) is 5.92 Å². The van der Waals surface area contributed by atoms with Gasteiger partial charge in [0.25, 0.3) is 0 Å². The van der Waals surface area contributed by atoms with Crippen molar-refractivity contribution in [3.05, 3.63) is 24.0 Å². The van der Waals surface area contributed by atoms with Crippen molar-refractivity contribution < 1.29 is 5.11 Å². The highest BCUT2D eigenvalue weighted by atomic mass is 16.3. The van der Waals surface area contributed by atoms with Gasteiger partial charge in [0.1, 0.15) is 0 Å². The molecule has 0 saturated carbocycles. The number of pyridine rings is 1. The number of aromatic nitrogens is 1. The van der Waals surface area contributed by atoms with Gasteiger partial charge in [0.15, 0.2) is 0 Å². The second kappa shape index (κ2) is 6.35. The molecule has 1 N–H and O–H groups in total. The maximum atomic E-state index is 9.46. The van der Waals surface area contributed by atoms with E-state index in [2.05, 4.69) is 34.9 Å². The predicted molar refractivity (Wildman–Crippen MR) is 78.4 cm³/mol. The van der Waals surface area contributed by atoms with E-state index in [1.807, 2.05) is 12.3 Å². The second-order valence-corrected chi connectivity index (χ2v) is 5.81. The van der Waals surface area contributed by atoms with E-state index in [0.717, 1.165) is 24.7 Å². The van der Waals surface area contributed by atoms with Crippen LogP contribution in [0.5, 0.6) is 0 Å². The zero-order valence-electron chi connectivity index (χ0n) is 12.2. The summed E-state index contributed by atoms with van der Waals surface area (Å²) in [6.07, 6.45) is 3.89. The molecule has 1 aromatic rings. The Balaban J connectivity index is 1.90. The Hall–Kier alpha value is -1.13. The number of hydrogen-bond acceptors (Lipinski definition) is 4. The molecule has 0 spiro atoms. The first-order valence-corrected chi connectivity index (χ1v) is 7.10. The average molecular weight is 263 g/mol. The molecule has 0 radical (unpaired) electrons. The number of piperidine rings is 1. The topological polar surface area (TPSA) is 39.6 Å². The highest BCUT2D eigenvalue weighted by Gasteiger charge is 2.20. The number of rotatable bonds is 4. The van der Waals surface area contributed by atoms with Crippen molar-refractivity contribution in [3.8, 4) is 0 Å². The molecule has 0 unspecified atom stereocenters. The minimum Gasteiger partial charge on any atom is -0.387 e. The summed E-state index contributed by atoms with van der Waals surface area (Å²) >= 11 is 0. The van der Waals surface area contributed by atoms with Gasteiger partial charge in [-0.25, -0.2) is 0 Å². The molecule has 0 amide bonds. The molecule has 1 aromatic heterocycles. The summed E-state index contributed by atoms with van der Waals surface area (Å²) in [6, 6.07) is 3.99. The summed E-state index contributed by atoms with van der Waals surface area (Å²) in [7, 11) is 4.29. The third-order valence-electron chi connectivity index (χ3n) is 3.80. The van der Waals surface area contributed by atoms with E-state index >= 15 is 0 Å². The van der Waals surface area contributed by atoms with Gasteiger partial charge in [-0.05, 0) is 51.9 Å². The first-order chi connectivity index (χ1) is 9.06. The van der Waals surface area contributed by atoms with Gasteiger partial charge in [-0.3, -0.25) is 4.98 Å². The normalized spacial score (nSPS) is 18.9. The monoisotopic (exact) mass is 263 g/mol. The zero-order valence-corrected chi connectivity index (χ0v) is 12.2. The van der Waals surface area contributed by atoms with Crippen molar-refractivity contribution in [2.75, 3.05) is 38.6 Å². The highest BCUT2D eigenvalue weighted by Crippen LogP contribution is 2.23. The summed E-state index contributed by atoms with van der Waals surface area (Å²) in [4.78, 5) is 8.99. The molecule has 1 fully saturated rings. The molecule has 19 heavy (non-hydrogen) atoms. The average Bonchev–Trinajstić information content (AvgIpc) is 2.39. The Labute approximate surface area is 116 Å². The molecule has 4 nitrogen and oxygen atoms in total. The fraction of sp³-hybridized carbons (Fsp3) is 0.667. The second-order valence-electron chi connectivity index (χ2n) is 5.81. The fourth-order valence-corrected chi connectivity index (χ4v) is 2.72. The molecule has 1 saturated heterocycles. The molecule has 0 bridgehead atoms. The molecule has 1 aliphatic rings. The smallest absolute Gasteiger partial charge is 0.0931 e. The van der Waals surface area contributed by atoms with Crippen molar-refractivity contribution in [2.45, 2.75) is 25.9 Å². The van der Waals surface area contributed by atoms with E-state index < -0.39 is 6.10 Å². The Bertz CT molecular complexity index is 381. The largest absolute Gasteiger partial charge is 0.387 e. The molecule has 0 aromatic carbocycles. The van der Waals surface area contributed by atoms with Gasteiger partial charge in [-0.15, -0.1) is 0 Å². The van der Waals surface area contributed by atoms with Crippen LogP contribution in [0.4, 0.5) is 5.69 Å². The summed E-state index contributed by atoms with van der Waals surface area (Å²) < 4.78 is 0. The van der Waals surface area contributed by atoms with Crippen LogP contribution in [0.3, 0.4) is 0 Å². The molecule has 2 rings (SSSR count). The quantitative estimate of drug-likeness (QED) is 0.901. The summed E-state index contributed by atoms with van der Waals surface area (Å²) in [5.41, 5.74) is 1.92. The Kier molecular flexibility index (Phi) is 4.77. The highest BCUT2D eigenvalue weighted by molar-refractivity contribution is 5.45. The van der Waals surface area contributed by atoms with Gasteiger partial charge >= 0.3 is 0 Å². The zero-order chi connectivity index (χ0) is 13.8. The molecule has 2 heterocycles. The van der Waals surface area contributed by atoms with E-state index in [1.54, 1.807) is 6.92 Å². The maximum absolute atomic E-state index is 9.46. The van der Waals surface area contributed by atoms with Crippen molar-refractivity contribution in [1.82, 2.24) is 9.88 Å². The van der Waals surface area contributed by atoms with E-state index in [1.165, 1.54) is 25.1 Å². The number of anilines is 1. The van der Waals surface area contributed by atoms with E-state index in [9.17, 15) is 5.11 Å². The van der Waals surface area contributed by atoms with Crippen LogP contribution >= 0.6 is 0 Å². The lowest BCUT2D eigenvalue weighted by molar-refractivity contribution is 0.194. The number of aliphatic hydroxyl groups is 1. The lowest BCUT2D eigenvalue weighted by Crippen LogP contribution is -2.37. The summed E-state index contributed by atoms with van der Waals surface area (Å²) in [5, 5.41) is 9.46. The van der Waals surface area contributed by atoms with Gasteiger partial charge in [0.05, 0.1) is 23.7 Å². The van der Waals surface area contributed by atoms with Crippen LogP contribution in [0.1, 0.15) is 31.6 Å². The minimum atomic E-state index is -0.486. The van der Waals surface area contributed by atoms with Crippen LogP contribution < -0.4 is 4.90 Å². The molecule has 4 heteroatoms. The van der Waals surface area contributed by atoms with Crippen molar-refractivity contribution in [1.29, 1.82) is 0 Å².